The number of rotatable bonds is 11. The Kier molecular flexibility index (Phi) is 9.69. The van der Waals surface area contributed by atoms with Crippen molar-refractivity contribution < 1.29 is 33.3 Å². The van der Waals surface area contributed by atoms with Crippen molar-refractivity contribution in [3.8, 4) is 12.3 Å². The molecule has 2 N–H and O–H groups in total. The van der Waals surface area contributed by atoms with Gasteiger partial charge in [0, 0.05) is 12.6 Å². The molecule has 0 unspecified atom stereocenters. The van der Waals surface area contributed by atoms with Crippen LogP contribution in [-0.4, -0.2) is 51.8 Å². The second-order valence-electron chi connectivity index (χ2n) is 9.26. The SMILES string of the molecule is C#C[C@]1(COC(=O)OCc2ccccc2)O[C@@H](n2ccc3c(N)nc(Cl)nc32)C[C@@H]1OC(=O)OCCCCCC. The zero-order chi connectivity index (χ0) is 28.5. The number of hydrogen-bond donors (Lipinski definition) is 1. The lowest BCUT2D eigenvalue weighted by atomic mass is 9.98. The van der Waals surface area contributed by atoms with Crippen LogP contribution in [0.15, 0.2) is 42.6 Å². The first-order valence-electron chi connectivity index (χ1n) is 13.0. The quantitative estimate of drug-likeness (QED) is 0.138. The number of nitrogens with two attached hydrogens (primary N) is 1. The van der Waals surface area contributed by atoms with Gasteiger partial charge in [-0.2, -0.15) is 4.98 Å². The number of fused-ring (bicyclic) bond motifs is 1. The van der Waals surface area contributed by atoms with Gasteiger partial charge in [-0.15, -0.1) is 6.42 Å². The number of ether oxygens (including phenoxy) is 5. The molecule has 1 aromatic carbocycles. The molecule has 2 aromatic heterocycles. The second-order valence-corrected chi connectivity index (χ2v) is 9.60. The molecule has 3 aromatic rings. The van der Waals surface area contributed by atoms with E-state index >= 15 is 0 Å². The van der Waals surface area contributed by atoms with Gasteiger partial charge >= 0.3 is 12.3 Å². The molecule has 0 saturated carbocycles. The van der Waals surface area contributed by atoms with Crippen LogP contribution in [0.3, 0.4) is 0 Å². The van der Waals surface area contributed by atoms with Gasteiger partial charge in [-0.3, -0.25) is 0 Å². The fourth-order valence-corrected chi connectivity index (χ4v) is 4.54. The Balaban J connectivity index is 1.49. The topological polar surface area (TPSA) is 137 Å². The summed E-state index contributed by atoms with van der Waals surface area (Å²) in [6, 6.07) is 10.8. The van der Waals surface area contributed by atoms with Crippen molar-refractivity contribution in [3.63, 3.8) is 0 Å². The molecular formula is C28H31ClN4O7. The Morgan fingerprint density at radius 3 is 2.70 bits per heavy atom. The molecule has 0 aliphatic carbocycles. The van der Waals surface area contributed by atoms with E-state index in [2.05, 4.69) is 22.8 Å². The fraction of sp³-hybridized carbons (Fsp3) is 0.429. The van der Waals surface area contributed by atoms with Gasteiger partial charge in [0.2, 0.25) is 10.9 Å². The predicted octanol–water partition coefficient (Wildman–Crippen LogP) is 5.41. The van der Waals surface area contributed by atoms with Crippen LogP contribution in [0.4, 0.5) is 15.4 Å². The van der Waals surface area contributed by atoms with E-state index in [1.54, 1.807) is 16.8 Å². The molecule has 0 spiro atoms. The van der Waals surface area contributed by atoms with Gasteiger partial charge in [-0.1, -0.05) is 62.4 Å². The lowest BCUT2D eigenvalue weighted by Gasteiger charge is -2.28. The number of hydrogen-bond acceptors (Lipinski definition) is 10. The molecule has 0 amide bonds. The third-order valence-electron chi connectivity index (χ3n) is 6.47. The molecule has 4 rings (SSSR count). The number of carbonyl (C=O) groups excluding carboxylic acids is 2. The molecule has 11 nitrogen and oxygen atoms in total. The van der Waals surface area contributed by atoms with E-state index in [1.165, 1.54) is 0 Å². The van der Waals surface area contributed by atoms with E-state index in [9.17, 15) is 9.59 Å². The van der Waals surface area contributed by atoms with Gasteiger partial charge < -0.3 is 34.0 Å². The zero-order valence-corrected chi connectivity index (χ0v) is 22.8. The van der Waals surface area contributed by atoms with E-state index in [0.29, 0.717) is 17.5 Å². The molecule has 1 saturated heterocycles. The minimum Gasteiger partial charge on any atom is -0.434 e. The number of nitrogen functional groups attached to an aromatic ring is 1. The Labute approximate surface area is 236 Å². The molecule has 40 heavy (non-hydrogen) atoms. The number of unbranched alkanes of at least 4 members (excludes halogenated alkanes) is 3. The highest BCUT2D eigenvalue weighted by atomic mass is 35.5. The summed E-state index contributed by atoms with van der Waals surface area (Å²) in [7, 11) is 0. The Morgan fingerprint density at radius 2 is 1.95 bits per heavy atom. The lowest BCUT2D eigenvalue weighted by molar-refractivity contribution is -0.105. The summed E-state index contributed by atoms with van der Waals surface area (Å²) in [6.45, 7) is 1.86. The molecule has 3 heterocycles. The minimum absolute atomic E-state index is 0.00768. The molecule has 1 fully saturated rings. The smallest absolute Gasteiger partial charge is 0.434 e. The molecule has 3 atom stereocenters. The van der Waals surface area contributed by atoms with Crippen LogP contribution < -0.4 is 5.73 Å². The number of nitrogens with zero attached hydrogens (tertiary/aromatic N) is 3. The zero-order valence-electron chi connectivity index (χ0n) is 22.1. The summed E-state index contributed by atoms with van der Waals surface area (Å²) in [4.78, 5) is 33.2. The van der Waals surface area contributed by atoms with Gasteiger partial charge in [-0.05, 0) is 29.7 Å². The van der Waals surface area contributed by atoms with Crippen molar-refractivity contribution in [2.24, 2.45) is 0 Å². The van der Waals surface area contributed by atoms with Gasteiger partial charge in [0.15, 0.2) is 6.10 Å². The van der Waals surface area contributed by atoms with Crippen molar-refractivity contribution in [2.45, 2.75) is 63.6 Å². The van der Waals surface area contributed by atoms with Crippen LogP contribution in [0.25, 0.3) is 11.0 Å². The normalized spacial score (nSPS) is 20.1. The van der Waals surface area contributed by atoms with Gasteiger partial charge in [-0.25, -0.2) is 14.6 Å². The number of halogens is 1. The van der Waals surface area contributed by atoms with Crippen LogP contribution >= 0.6 is 11.6 Å². The molecular weight excluding hydrogens is 540 g/mol. The maximum absolute atomic E-state index is 12.6. The van der Waals surface area contributed by atoms with Gasteiger partial charge in [0.05, 0.1) is 12.0 Å². The van der Waals surface area contributed by atoms with Crippen molar-refractivity contribution in [1.82, 2.24) is 14.5 Å². The first-order valence-corrected chi connectivity index (χ1v) is 13.3. The van der Waals surface area contributed by atoms with E-state index in [4.69, 9.17) is 47.4 Å². The predicted molar refractivity (Wildman–Crippen MR) is 146 cm³/mol. The van der Waals surface area contributed by atoms with E-state index in [-0.39, 0.29) is 30.7 Å². The number of carbonyl (C=O) groups is 2. The van der Waals surface area contributed by atoms with Crippen LogP contribution in [0.2, 0.25) is 5.28 Å². The standard InChI is InChI=1S/C28H31ClN4O7/c1-3-5-6-10-15-36-27(35)39-21-16-22(33-14-13-20-23(30)31-25(29)32-24(20)33)40-28(21,4-2)18-38-26(34)37-17-19-11-8-7-9-12-19/h2,7-9,11-14,21-22H,3,5-6,10,15-18H2,1H3,(H2,30,31,32)/t21-,22+,28+/m0/s1. The first kappa shape index (κ1) is 29.0. The molecule has 1 aliphatic rings. The average Bonchev–Trinajstić information content (AvgIpc) is 3.53. The highest BCUT2D eigenvalue weighted by Crippen LogP contribution is 2.41. The van der Waals surface area contributed by atoms with E-state index in [0.717, 1.165) is 24.8 Å². The van der Waals surface area contributed by atoms with Crippen molar-refractivity contribution in [2.75, 3.05) is 18.9 Å². The molecule has 1 aliphatic heterocycles. The van der Waals surface area contributed by atoms with Crippen molar-refractivity contribution in [1.29, 1.82) is 0 Å². The monoisotopic (exact) mass is 570 g/mol. The number of anilines is 1. The second kappa shape index (κ2) is 13.4. The summed E-state index contributed by atoms with van der Waals surface area (Å²) < 4.78 is 29.3. The fourth-order valence-electron chi connectivity index (χ4n) is 4.37. The van der Waals surface area contributed by atoms with Crippen LogP contribution in [0, 0.1) is 12.3 Å². The largest absolute Gasteiger partial charge is 0.508 e. The molecule has 0 radical (unpaired) electrons. The summed E-state index contributed by atoms with van der Waals surface area (Å²) in [5, 5.41) is 0.506. The number of benzene rings is 1. The lowest BCUT2D eigenvalue weighted by Crippen LogP contribution is -2.45. The highest BCUT2D eigenvalue weighted by Gasteiger charge is 2.52. The Morgan fingerprint density at radius 1 is 1.15 bits per heavy atom. The third-order valence-corrected chi connectivity index (χ3v) is 6.64. The van der Waals surface area contributed by atoms with Crippen molar-refractivity contribution in [3.05, 3.63) is 53.4 Å². The van der Waals surface area contributed by atoms with Gasteiger partial charge in [0.25, 0.3) is 0 Å². The molecule has 212 valence electrons. The first-order chi connectivity index (χ1) is 19.3. The molecule has 12 heteroatoms. The van der Waals surface area contributed by atoms with Crippen molar-refractivity contribution >= 4 is 40.8 Å². The molecule has 0 bridgehead atoms. The maximum atomic E-state index is 12.6. The van der Waals surface area contributed by atoms with Crippen LogP contribution in [-0.2, 0) is 30.3 Å². The minimum atomic E-state index is -1.64. The van der Waals surface area contributed by atoms with Crippen LogP contribution in [0.5, 0.6) is 0 Å². The maximum Gasteiger partial charge on any atom is 0.508 e. The Hall–Kier alpha value is -4.01. The van der Waals surface area contributed by atoms with Crippen LogP contribution in [0.1, 0.15) is 50.8 Å². The van der Waals surface area contributed by atoms with E-state index in [1.807, 2.05) is 30.3 Å². The summed E-state index contributed by atoms with van der Waals surface area (Å²) in [6.07, 6.45) is 7.76. The third kappa shape index (κ3) is 6.94. The highest BCUT2D eigenvalue weighted by molar-refractivity contribution is 6.28. The summed E-state index contributed by atoms with van der Waals surface area (Å²) in [5.74, 6) is 2.72. The average molecular weight is 571 g/mol. The number of terminal acetylenes is 1. The van der Waals surface area contributed by atoms with E-state index < -0.39 is 36.9 Å². The Bertz CT molecular complexity index is 1360. The summed E-state index contributed by atoms with van der Waals surface area (Å²) >= 11 is 6.03. The summed E-state index contributed by atoms with van der Waals surface area (Å²) in [5.41, 5.74) is 5.53. The van der Waals surface area contributed by atoms with Gasteiger partial charge in [0.1, 0.15) is 30.9 Å². The number of aromatic nitrogens is 3.